The van der Waals surface area contributed by atoms with E-state index in [1.54, 1.807) is 34.1 Å². The minimum absolute atomic E-state index is 0.00983. The first-order chi connectivity index (χ1) is 13.3. The van der Waals surface area contributed by atoms with Crippen LogP contribution in [0, 0.1) is 0 Å². The maximum absolute atomic E-state index is 12.9. The van der Waals surface area contributed by atoms with Gasteiger partial charge >= 0.3 is 6.03 Å². The van der Waals surface area contributed by atoms with Crippen molar-refractivity contribution in [2.45, 2.75) is 4.90 Å². The molecule has 1 aliphatic heterocycles. The minimum atomic E-state index is -3.79. The summed E-state index contributed by atoms with van der Waals surface area (Å²) in [5, 5.41) is 5.11. The van der Waals surface area contributed by atoms with Crippen LogP contribution >= 0.6 is 0 Å². The molecular formula is C18H21N3O6S. The Kier molecular flexibility index (Phi) is 5.34. The third kappa shape index (κ3) is 3.56. The largest absolute Gasteiger partial charge is 0.493 e. The lowest BCUT2D eigenvalue weighted by atomic mass is 10.2. The summed E-state index contributed by atoms with van der Waals surface area (Å²) in [6.07, 6.45) is 0. The van der Waals surface area contributed by atoms with E-state index >= 15 is 0 Å². The van der Waals surface area contributed by atoms with Gasteiger partial charge in [-0.2, -0.15) is 0 Å². The monoisotopic (exact) mass is 407 g/mol. The number of primary sulfonamides is 1. The summed E-state index contributed by atoms with van der Waals surface area (Å²) in [7, 11) is 0.734. The first kappa shape index (κ1) is 19.8. The number of nitrogens with two attached hydrogens (primary N) is 1. The number of ether oxygens (including phenoxy) is 3. The van der Waals surface area contributed by atoms with Crippen molar-refractivity contribution < 1.29 is 27.4 Å². The number of anilines is 2. The van der Waals surface area contributed by atoms with Crippen LogP contribution in [0.25, 0.3) is 0 Å². The number of carbonyl (C=O) groups is 1. The van der Waals surface area contributed by atoms with E-state index in [9.17, 15) is 13.2 Å². The van der Waals surface area contributed by atoms with E-state index in [4.69, 9.17) is 19.3 Å². The summed E-state index contributed by atoms with van der Waals surface area (Å²) in [5.41, 5.74) is 1.18. The molecule has 0 saturated carbocycles. The Bertz CT molecular complexity index is 966. The molecule has 0 bridgehead atoms. The van der Waals surface area contributed by atoms with E-state index in [0.29, 0.717) is 41.7 Å². The average Bonchev–Trinajstić information content (AvgIpc) is 3.07. The molecule has 2 N–H and O–H groups in total. The van der Waals surface area contributed by atoms with Gasteiger partial charge in [-0.3, -0.25) is 9.80 Å². The van der Waals surface area contributed by atoms with Crippen LogP contribution in [0.4, 0.5) is 16.2 Å². The summed E-state index contributed by atoms with van der Waals surface area (Å²) in [4.78, 5) is 16.1. The van der Waals surface area contributed by atoms with E-state index in [0.717, 1.165) is 0 Å². The highest BCUT2D eigenvalue weighted by Gasteiger charge is 2.32. The first-order valence-corrected chi connectivity index (χ1v) is 9.86. The van der Waals surface area contributed by atoms with Crippen molar-refractivity contribution in [2.75, 3.05) is 44.2 Å². The molecule has 2 amide bonds. The van der Waals surface area contributed by atoms with Gasteiger partial charge in [-0.15, -0.1) is 0 Å². The SMILES string of the molecule is COc1cc(N2CCN(c3ccc(S(N)(=O)=O)cc3)C2=O)cc(OC)c1OC. The summed E-state index contributed by atoms with van der Waals surface area (Å²) >= 11 is 0. The molecule has 2 aromatic carbocycles. The van der Waals surface area contributed by atoms with Gasteiger partial charge in [0.25, 0.3) is 0 Å². The predicted octanol–water partition coefficient (Wildman–Crippen LogP) is 1.81. The number of amides is 2. The molecule has 1 fully saturated rings. The lowest BCUT2D eigenvalue weighted by molar-refractivity contribution is 0.256. The molecule has 9 nitrogen and oxygen atoms in total. The highest BCUT2D eigenvalue weighted by atomic mass is 32.2. The number of urea groups is 1. The van der Waals surface area contributed by atoms with Crippen molar-refractivity contribution in [3.05, 3.63) is 36.4 Å². The van der Waals surface area contributed by atoms with Gasteiger partial charge in [0, 0.05) is 30.9 Å². The number of rotatable bonds is 6. The number of benzene rings is 2. The van der Waals surface area contributed by atoms with Crippen molar-refractivity contribution in [3.63, 3.8) is 0 Å². The maximum Gasteiger partial charge on any atom is 0.329 e. The Morgan fingerprint density at radius 2 is 1.36 bits per heavy atom. The quantitative estimate of drug-likeness (QED) is 0.782. The van der Waals surface area contributed by atoms with E-state index in [1.807, 2.05) is 0 Å². The Morgan fingerprint density at radius 3 is 1.79 bits per heavy atom. The fraction of sp³-hybridized carbons (Fsp3) is 0.278. The lowest BCUT2D eigenvalue weighted by Crippen LogP contribution is -2.31. The normalized spacial score (nSPS) is 14.4. The zero-order chi connectivity index (χ0) is 20.5. The molecule has 0 atom stereocenters. The number of hydrogen-bond donors (Lipinski definition) is 1. The van der Waals surface area contributed by atoms with Crippen LogP contribution < -0.4 is 29.1 Å². The number of sulfonamides is 1. The predicted molar refractivity (Wildman–Crippen MR) is 104 cm³/mol. The Morgan fingerprint density at radius 1 is 0.857 bits per heavy atom. The van der Waals surface area contributed by atoms with Crippen LogP contribution in [-0.2, 0) is 10.0 Å². The van der Waals surface area contributed by atoms with Gasteiger partial charge in [-0.25, -0.2) is 18.4 Å². The van der Waals surface area contributed by atoms with E-state index in [2.05, 4.69) is 0 Å². The van der Waals surface area contributed by atoms with Crippen LogP contribution in [0.3, 0.4) is 0 Å². The third-order valence-corrected chi connectivity index (χ3v) is 5.38. The summed E-state index contributed by atoms with van der Waals surface area (Å²) in [6, 6.07) is 9.00. The van der Waals surface area contributed by atoms with Gasteiger partial charge in [0.1, 0.15) is 0 Å². The topological polar surface area (TPSA) is 111 Å². The lowest BCUT2D eigenvalue weighted by Gasteiger charge is -2.21. The standard InChI is InChI=1S/C18H21N3O6S/c1-25-15-10-13(11-16(26-2)17(15)27-3)21-9-8-20(18(21)22)12-4-6-14(7-5-12)28(19,23)24/h4-7,10-11H,8-9H2,1-3H3,(H2,19,23,24). The van der Waals surface area contributed by atoms with Crippen LogP contribution in [0.2, 0.25) is 0 Å². The summed E-state index contributed by atoms with van der Waals surface area (Å²) < 4.78 is 38.8. The maximum atomic E-state index is 12.9. The van der Waals surface area contributed by atoms with Crippen molar-refractivity contribution in [1.29, 1.82) is 0 Å². The molecule has 150 valence electrons. The second kappa shape index (κ2) is 7.56. The highest BCUT2D eigenvalue weighted by molar-refractivity contribution is 7.89. The minimum Gasteiger partial charge on any atom is -0.493 e. The number of hydrogen-bond acceptors (Lipinski definition) is 6. The van der Waals surface area contributed by atoms with Gasteiger partial charge < -0.3 is 14.2 Å². The smallest absolute Gasteiger partial charge is 0.329 e. The zero-order valence-electron chi connectivity index (χ0n) is 15.7. The van der Waals surface area contributed by atoms with Gasteiger partial charge in [0.15, 0.2) is 11.5 Å². The molecule has 10 heteroatoms. The molecule has 0 spiro atoms. The molecule has 1 heterocycles. The van der Waals surface area contributed by atoms with Crippen molar-refractivity contribution in [2.24, 2.45) is 5.14 Å². The van der Waals surface area contributed by atoms with Gasteiger partial charge in [0.2, 0.25) is 15.8 Å². The average molecular weight is 407 g/mol. The van der Waals surface area contributed by atoms with Crippen molar-refractivity contribution in [1.82, 2.24) is 0 Å². The Labute approximate surface area is 163 Å². The van der Waals surface area contributed by atoms with Crippen molar-refractivity contribution in [3.8, 4) is 17.2 Å². The molecular weight excluding hydrogens is 386 g/mol. The third-order valence-electron chi connectivity index (χ3n) is 4.45. The van der Waals surface area contributed by atoms with Gasteiger partial charge in [-0.1, -0.05) is 0 Å². The first-order valence-electron chi connectivity index (χ1n) is 8.32. The molecule has 0 aliphatic carbocycles. The van der Waals surface area contributed by atoms with Crippen LogP contribution in [-0.4, -0.2) is 48.9 Å². The summed E-state index contributed by atoms with van der Waals surface area (Å²) in [6.45, 7) is 0.874. The molecule has 0 radical (unpaired) electrons. The van der Waals surface area contributed by atoms with E-state index in [-0.39, 0.29) is 10.9 Å². The van der Waals surface area contributed by atoms with Gasteiger partial charge in [0.05, 0.1) is 31.9 Å². The van der Waals surface area contributed by atoms with Crippen LogP contribution in [0.5, 0.6) is 17.2 Å². The summed E-state index contributed by atoms with van der Waals surface area (Å²) in [5.74, 6) is 1.33. The van der Waals surface area contributed by atoms with Crippen LogP contribution in [0.1, 0.15) is 0 Å². The fourth-order valence-electron chi connectivity index (χ4n) is 3.05. The number of nitrogens with zero attached hydrogens (tertiary/aromatic N) is 2. The second-order valence-electron chi connectivity index (χ2n) is 6.01. The molecule has 1 saturated heterocycles. The van der Waals surface area contributed by atoms with E-state index in [1.165, 1.54) is 33.5 Å². The Hall–Kier alpha value is -2.98. The number of carbonyl (C=O) groups excluding carboxylic acids is 1. The molecule has 2 aromatic rings. The molecule has 28 heavy (non-hydrogen) atoms. The molecule has 0 aromatic heterocycles. The molecule has 3 rings (SSSR count). The highest BCUT2D eigenvalue weighted by Crippen LogP contribution is 2.41. The van der Waals surface area contributed by atoms with Crippen molar-refractivity contribution >= 4 is 27.4 Å². The Balaban J connectivity index is 1.90. The number of methoxy groups -OCH3 is 3. The van der Waals surface area contributed by atoms with E-state index < -0.39 is 10.0 Å². The second-order valence-corrected chi connectivity index (χ2v) is 7.57. The fourth-order valence-corrected chi connectivity index (χ4v) is 3.57. The molecule has 0 unspecified atom stereocenters. The van der Waals surface area contributed by atoms with Crippen LogP contribution in [0.15, 0.2) is 41.3 Å². The zero-order valence-corrected chi connectivity index (χ0v) is 16.5. The molecule has 1 aliphatic rings. The van der Waals surface area contributed by atoms with Gasteiger partial charge in [-0.05, 0) is 24.3 Å².